The number of ether oxygens (including phenoxy) is 1. The van der Waals surface area contributed by atoms with Gasteiger partial charge < -0.3 is 20.4 Å². The van der Waals surface area contributed by atoms with Gasteiger partial charge in [-0.1, -0.05) is 0 Å². The highest BCUT2D eigenvalue weighted by Gasteiger charge is 2.28. The van der Waals surface area contributed by atoms with E-state index in [0.717, 1.165) is 16.5 Å². The van der Waals surface area contributed by atoms with Crippen LogP contribution in [0.2, 0.25) is 0 Å². The lowest BCUT2D eigenvalue weighted by molar-refractivity contribution is -0.138. The Kier molecular flexibility index (Phi) is 5.39. The van der Waals surface area contributed by atoms with E-state index in [2.05, 4.69) is 20.3 Å². The van der Waals surface area contributed by atoms with Crippen LogP contribution in [0.3, 0.4) is 0 Å². The molecular formula is C18H18F3N5O2. The molecule has 0 aliphatic rings. The second kappa shape index (κ2) is 7.75. The van der Waals surface area contributed by atoms with Gasteiger partial charge in [-0.25, -0.2) is 4.98 Å². The molecule has 28 heavy (non-hydrogen) atoms. The number of carbonyl (C=O) groups is 1. The summed E-state index contributed by atoms with van der Waals surface area (Å²) in [6.45, 7) is 0.0964. The topological polar surface area (TPSA) is 91.9 Å². The molecule has 0 bridgehead atoms. The molecule has 7 nitrogen and oxygen atoms in total. The van der Waals surface area contributed by atoms with Gasteiger partial charge in [-0.3, -0.25) is 9.78 Å². The van der Waals surface area contributed by atoms with Gasteiger partial charge in [0, 0.05) is 35.1 Å². The number of hydrogen-bond acceptors (Lipinski definition) is 5. The van der Waals surface area contributed by atoms with Crippen LogP contribution < -0.4 is 15.4 Å². The lowest BCUT2D eigenvalue weighted by atomic mass is 10.1. The minimum absolute atomic E-state index is 0.498. The van der Waals surface area contributed by atoms with Crippen molar-refractivity contribution in [2.24, 2.45) is 0 Å². The second-order valence-electron chi connectivity index (χ2n) is 6.13. The molecule has 0 aliphatic carbocycles. The third-order valence-corrected chi connectivity index (χ3v) is 4.03. The van der Waals surface area contributed by atoms with Crippen LogP contribution >= 0.6 is 0 Å². The van der Waals surface area contributed by atoms with Crippen molar-refractivity contribution in [3.8, 4) is 16.9 Å². The molecule has 0 fully saturated rings. The van der Waals surface area contributed by atoms with Crippen LogP contribution in [0.4, 0.5) is 18.9 Å². The quantitative estimate of drug-likeness (QED) is 0.599. The molecule has 0 saturated heterocycles. The third-order valence-electron chi connectivity index (χ3n) is 4.03. The number of H-pyrrole nitrogens is 1. The van der Waals surface area contributed by atoms with Gasteiger partial charge >= 0.3 is 6.18 Å². The molecule has 0 radical (unpaired) electrons. The zero-order chi connectivity index (χ0) is 20.3. The van der Waals surface area contributed by atoms with Crippen molar-refractivity contribution in [1.82, 2.24) is 20.3 Å². The van der Waals surface area contributed by atoms with E-state index in [4.69, 9.17) is 4.74 Å². The van der Waals surface area contributed by atoms with Gasteiger partial charge in [0.15, 0.2) is 0 Å². The first kappa shape index (κ1) is 19.5. The van der Waals surface area contributed by atoms with Crippen molar-refractivity contribution in [3.63, 3.8) is 0 Å². The van der Waals surface area contributed by atoms with Crippen LogP contribution in [-0.2, 0) is 4.79 Å². The number of amides is 1. The van der Waals surface area contributed by atoms with Crippen LogP contribution in [-0.4, -0.2) is 46.7 Å². The SMILES string of the molecule is COc1cnc2[nH]cc(-c3cncc(N[C@H](C)C(=O)NCC(F)(F)F)c3)c2c1. The highest BCUT2D eigenvalue weighted by molar-refractivity contribution is 5.94. The number of aromatic nitrogens is 3. The zero-order valence-corrected chi connectivity index (χ0v) is 15.1. The van der Waals surface area contributed by atoms with Crippen LogP contribution in [0, 0.1) is 0 Å². The molecule has 3 N–H and O–H groups in total. The number of carbonyl (C=O) groups excluding carboxylic acids is 1. The number of fused-ring (bicyclic) bond motifs is 1. The summed E-state index contributed by atoms with van der Waals surface area (Å²) < 4.78 is 41.9. The van der Waals surface area contributed by atoms with E-state index in [0.29, 0.717) is 17.1 Å². The Morgan fingerprint density at radius 2 is 2.07 bits per heavy atom. The third kappa shape index (κ3) is 4.51. The molecule has 1 amide bonds. The standard InChI is InChI=1S/C18H18F3N5O2/c1-10(17(27)25-9-18(19,20)21)26-12-3-11(5-22-6-12)15-8-24-16-14(15)4-13(28-2)7-23-16/h3-8,10,26H,9H2,1-2H3,(H,23,24)(H,25,27)/t10-/m1/s1. The Balaban J connectivity index is 1.78. The molecule has 0 unspecified atom stereocenters. The normalized spacial score (nSPS) is 12.6. The number of nitrogens with one attached hydrogen (secondary N) is 3. The summed E-state index contributed by atoms with van der Waals surface area (Å²) in [7, 11) is 1.55. The number of hydrogen-bond donors (Lipinski definition) is 3. The summed E-state index contributed by atoms with van der Waals surface area (Å²) in [5.41, 5.74) is 2.74. The molecule has 0 saturated carbocycles. The molecule has 148 valence electrons. The van der Waals surface area contributed by atoms with Gasteiger partial charge in [0.05, 0.1) is 19.0 Å². The van der Waals surface area contributed by atoms with E-state index >= 15 is 0 Å². The number of aromatic amines is 1. The summed E-state index contributed by atoms with van der Waals surface area (Å²) in [5.74, 6) is -0.158. The van der Waals surface area contributed by atoms with E-state index in [-0.39, 0.29) is 0 Å². The van der Waals surface area contributed by atoms with Crippen molar-refractivity contribution < 1.29 is 22.7 Å². The average molecular weight is 393 g/mol. The monoisotopic (exact) mass is 393 g/mol. The number of rotatable bonds is 6. The fraction of sp³-hybridized carbons (Fsp3) is 0.278. The first-order valence-electron chi connectivity index (χ1n) is 8.34. The molecular weight excluding hydrogens is 375 g/mol. The van der Waals surface area contributed by atoms with Crippen molar-refractivity contribution in [1.29, 1.82) is 0 Å². The Hall–Kier alpha value is -3.30. The predicted octanol–water partition coefficient (Wildman–Crippen LogP) is 3.11. The summed E-state index contributed by atoms with van der Waals surface area (Å²) in [4.78, 5) is 23.3. The van der Waals surface area contributed by atoms with Gasteiger partial charge in [-0.05, 0) is 19.1 Å². The van der Waals surface area contributed by atoms with E-state index in [1.54, 1.807) is 31.8 Å². The number of anilines is 1. The van der Waals surface area contributed by atoms with E-state index < -0.39 is 24.7 Å². The lowest BCUT2D eigenvalue weighted by Gasteiger charge is -2.16. The predicted molar refractivity (Wildman–Crippen MR) is 98.0 cm³/mol. The number of methoxy groups -OCH3 is 1. The molecule has 10 heteroatoms. The fourth-order valence-electron chi connectivity index (χ4n) is 2.66. The van der Waals surface area contributed by atoms with E-state index in [1.165, 1.54) is 13.1 Å². The van der Waals surface area contributed by atoms with Crippen molar-refractivity contribution in [2.45, 2.75) is 19.1 Å². The van der Waals surface area contributed by atoms with Crippen molar-refractivity contribution in [3.05, 3.63) is 36.9 Å². The molecule has 0 aromatic carbocycles. The van der Waals surface area contributed by atoms with Gasteiger partial charge in [0.1, 0.15) is 24.0 Å². The maximum absolute atomic E-state index is 12.2. The molecule has 3 aromatic heterocycles. The van der Waals surface area contributed by atoms with E-state index in [9.17, 15) is 18.0 Å². The van der Waals surface area contributed by atoms with Crippen molar-refractivity contribution in [2.75, 3.05) is 19.0 Å². The fourth-order valence-corrected chi connectivity index (χ4v) is 2.66. The highest BCUT2D eigenvalue weighted by atomic mass is 19.4. The van der Waals surface area contributed by atoms with Gasteiger partial charge in [0.2, 0.25) is 5.91 Å². The smallest absolute Gasteiger partial charge is 0.405 e. The zero-order valence-electron chi connectivity index (χ0n) is 15.1. The molecule has 3 aromatic rings. The van der Waals surface area contributed by atoms with Crippen LogP contribution in [0.25, 0.3) is 22.2 Å². The molecule has 1 atom stereocenters. The number of nitrogens with zero attached hydrogens (tertiary/aromatic N) is 2. The summed E-state index contributed by atoms with van der Waals surface area (Å²) >= 11 is 0. The minimum Gasteiger partial charge on any atom is -0.495 e. The maximum Gasteiger partial charge on any atom is 0.405 e. The number of halogens is 3. The summed E-state index contributed by atoms with van der Waals surface area (Å²) in [6.07, 6.45) is 2.05. The Bertz CT molecular complexity index is 987. The van der Waals surface area contributed by atoms with Gasteiger partial charge in [0.25, 0.3) is 0 Å². The maximum atomic E-state index is 12.2. The average Bonchev–Trinajstić information content (AvgIpc) is 3.08. The van der Waals surface area contributed by atoms with Gasteiger partial charge in [-0.2, -0.15) is 13.2 Å². The second-order valence-corrected chi connectivity index (χ2v) is 6.13. The van der Waals surface area contributed by atoms with Gasteiger partial charge in [-0.15, -0.1) is 0 Å². The largest absolute Gasteiger partial charge is 0.495 e. The summed E-state index contributed by atoms with van der Waals surface area (Å²) in [5, 5.41) is 5.53. The Labute approximate surface area is 158 Å². The molecule has 3 heterocycles. The molecule has 0 aliphatic heterocycles. The lowest BCUT2D eigenvalue weighted by Crippen LogP contribution is -2.42. The van der Waals surface area contributed by atoms with Crippen LogP contribution in [0.15, 0.2) is 36.9 Å². The Morgan fingerprint density at radius 3 is 2.79 bits per heavy atom. The first-order chi connectivity index (χ1) is 13.3. The first-order valence-corrected chi connectivity index (χ1v) is 8.34. The minimum atomic E-state index is -4.46. The number of pyridine rings is 2. The number of alkyl halides is 3. The van der Waals surface area contributed by atoms with Crippen LogP contribution in [0.5, 0.6) is 5.75 Å². The van der Waals surface area contributed by atoms with Crippen molar-refractivity contribution >= 4 is 22.6 Å². The molecule has 3 rings (SSSR count). The molecule has 0 spiro atoms. The highest BCUT2D eigenvalue weighted by Crippen LogP contribution is 2.30. The summed E-state index contributed by atoms with van der Waals surface area (Å²) in [6, 6.07) is 2.72. The van der Waals surface area contributed by atoms with E-state index in [1.807, 2.05) is 11.4 Å². The Morgan fingerprint density at radius 1 is 1.29 bits per heavy atom. The van der Waals surface area contributed by atoms with Crippen LogP contribution in [0.1, 0.15) is 6.92 Å².